The zero-order chi connectivity index (χ0) is 34.9. The molecular formula is C28H26BBrF6N2O6S2. The zero-order valence-corrected chi connectivity index (χ0v) is 27.0. The Hall–Kier alpha value is -3.58. The molecular weight excluding hydrogens is 729 g/mol. The van der Waals surface area contributed by atoms with E-state index < -0.39 is 50.6 Å². The number of hydrogen-bond acceptors (Lipinski definition) is 6. The highest BCUT2D eigenvalue weighted by atomic mass is 79.9. The second-order valence-electron chi connectivity index (χ2n) is 9.41. The SMILES string of the molecule is CS(=O)(=O)Nc1ccc(-c2cccc(C(F)(F)F)c2)cc1.CS(=O)(=O)Nc1ccc(Br)cc1.OB(O)c1cccc(C(F)(F)F)c1. The van der Waals surface area contributed by atoms with Crippen LogP contribution in [0.25, 0.3) is 11.1 Å². The van der Waals surface area contributed by atoms with Gasteiger partial charge in [-0.3, -0.25) is 9.44 Å². The molecule has 4 aromatic carbocycles. The van der Waals surface area contributed by atoms with Crippen LogP contribution in [0.4, 0.5) is 37.7 Å². The summed E-state index contributed by atoms with van der Waals surface area (Å²) >= 11 is 3.25. The van der Waals surface area contributed by atoms with Crippen molar-refractivity contribution in [3.05, 3.63) is 113 Å². The zero-order valence-electron chi connectivity index (χ0n) is 23.8. The van der Waals surface area contributed by atoms with Crippen LogP contribution in [0.15, 0.2) is 102 Å². The van der Waals surface area contributed by atoms with Crippen molar-refractivity contribution >= 4 is 59.9 Å². The molecule has 4 aromatic rings. The first-order valence-corrected chi connectivity index (χ1v) is 17.1. The van der Waals surface area contributed by atoms with E-state index in [-0.39, 0.29) is 5.46 Å². The molecule has 0 heterocycles. The summed E-state index contributed by atoms with van der Waals surface area (Å²) in [6, 6.07) is 21.9. The predicted octanol–water partition coefficient (Wildman–Crippen LogP) is 5.95. The second-order valence-corrected chi connectivity index (χ2v) is 13.8. The quantitative estimate of drug-likeness (QED) is 0.142. The molecule has 0 saturated heterocycles. The fourth-order valence-corrected chi connectivity index (χ4v) is 4.82. The maximum atomic E-state index is 12.7. The van der Waals surface area contributed by atoms with Gasteiger partial charge >= 0.3 is 19.5 Å². The van der Waals surface area contributed by atoms with Gasteiger partial charge in [-0.15, -0.1) is 0 Å². The van der Waals surface area contributed by atoms with E-state index in [1.165, 1.54) is 24.3 Å². The van der Waals surface area contributed by atoms with E-state index in [1.807, 2.05) is 0 Å². The molecule has 0 radical (unpaired) electrons. The average Bonchev–Trinajstić information content (AvgIpc) is 2.93. The second kappa shape index (κ2) is 15.8. The Labute approximate surface area is 270 Å². The molecule has 0 aliphatic carbocycles. The normalized spacial score (nSPS) is 11.7. The Morgan fingerprint density at radius 3 is 1.43 bits per heavy atom. The summed E-state index contributed by atoms with van der Waals surface area (Å²) < 4.78 is 123. The molecule has 46 heavy (non-hydrogen) atoms. The van der Waals surface area contributed by atoms with Crippen molar-refractivity contribution < 1.29 is 53.2 Å². The summed E-state index contributed by atoms with van der Waals surface area (Å²) in [6.07, 6.45) is -6.71. The van der Waals surface area contributed by atoms with Crippen molar-refractivity contribution in [3.8, 4) is 11.1 Å². The standard InChI is InChI=1S/C14H12F3NO2S.C7H6BF3O2.C7H8BrNO2S/c1-21(19,20)18-13-7-5-10(6-8-13)11-3-2-4-12(9-11)14(15,16)17;9-7(10,11)5-2-1-3-6(4-5)8(12)13;1-12(10,11)9-7-4-2-6(8)3-5-7/h2-9,18H,1H3;1-4,12-13H;2-5,9H,1H3. The Kier molecular flexibility index (Phi) is 13.3. The fourth-order valence-electron chi connectivity index (χ4n) is 3.43. The lowest BCUT2D eigenvalue weighted by atomic mass is 9.79. The summed E-state index contributed by atoms with van der Waals surface area (Å²) in [5.41, 5.74) is 0.121. The number of sulfonamides is 2. The molecule has 0 saturated carbocycles. The van der Waals surface area contributed by atoms with E-state index in [0.29, 0.717) is 28.6 Å². The van der Waals surface area contributed by atoms with E-state index >= 15 is 0 Å². The van der Waals surface area contributed by atoms with E-state index in [0.717, 1.165) is 41.2 Å². The fraction of sp³-hybridized carbons (Fsp3) is 0.143. The molecule has 0 aromatic heterocycles. The Morgan fingerprint density at radius 1 is 0.609 bits per heavy atom. The van der Waals surface area contributed by atoms with Crippen LogP contribution >= 0.6 is 15.9 Å². The number of hydrogen-bond donors (Lipinski definition) is 4. The van der Waals surface area contributed by atoms with Gasteiger partial charge in [0.2, 0.25) is 20.0 Å². The summed E-state index contributed by atoms with van der Waals surface area (Å²) in [6.45, 7) is 0. The molecule has 0 amide bonds. The smallest absolute Gasteiger partial charge is 0.423 e. The number of nitrogens with one attached hydrogen (secondary N) is 2. The van der Waals surface area contributed by atoms with Gasteiger partial charge in [-0.25, -0.2) is 16.8 Å². The van der Waals surface area contributed by atoms with Gasteiger partial charge in [0.1, 0.15) is 0 Å². The van der Waals surface area contributed by atoms with Crippen LogP contribution in [0, 0.1) is 0 Å². The highest BCUT2D eigenvalue weighted by molar-refractivity contribution is 9.10. The van der Waals surface area contributed by atoms with Crippen LogP contribution in [-0.2, 0) is 32.4 Å². The van der Waals surface area contributed by atoms with Crippen LogP contribution in [0.3, 0.4) is 0 Å². The van der Waals surface area contributed by atoms with Gasteiger partial charge in [-0.1, -0.05) is 64.5 Å². The largest absolute Gasteiger partial charge is 0.488 e. The maximum absolute atomic E-state index is 12.7. The molecule has 0 fully saturated rings. The van der Waals surface area contributed by atoms with Crippen molar-refractivity contribution in [1.82, 2.24) is 0 Å². The lowest BCUT2D eigenvalue weighted by Gasteiger charge is -2.09. The van der Waals surface area contributed by atoms with Gasteiger partial charge in [0, 0.05) is 15.8 Å². The van der Waals surface area contributed by atoms with Crippen molar-refractivity contribution in [2.45, 2.75) is 12.4 Å². The third-order valence-corrected chi connectivity index (χ3v) is 7.11. The van der Waals surface area contributed by atoms with Crippen LogP contribution in [0.1, 0.15) is 11.1 Å². The lowest BCUT2D eigenvalue weighted by Crippen LogP contribution is -2.30. The molecule has 8 nitrogen and oxygen atoms in total. The number of alkyl halides is 6. The topological polar surface area (TPSA) is 133 Å². The van der Waals surface area contributed by atoms with Gasteiger partial charge in [-0.05, 0) is 65.1 Å². The van der Waals surface area contributed by atoms with Crippen molar-refractivity contribution in [1.29, 1.82) is 0 Å². The molecule has 0 aliphatic heterocycles. The highest BCUT2D eigenvalue weighted by Gasteiger charge is 2.31. The van der Waals surface area contributed by atoms with Crippen molar-refractivity contribution in [2.75, 3.05) is 22.0 Å². The van der Waals surface area contributed by atoms with Gasteiger partial charge in [0.15, 0.2) is 0 Å². The molecule has 248 valence electrons. The Bertz CT molecular complexity index is 1810. The molecule has 0 bridgehead atoms. The minimum absolute atomic E-state index is 0.171. The van der Waals surface area contributed by atoms with Gasteiger partial charge in [-0.2, -0.15) is 26.3 Å². The minimum atomic E-state index is -4.45. The first kappa shape index (κ1) is 38.6. The molecule has 0 spiro atoms. The van der Waals surface area contributed by atoms with E-state index in [9.17, 15) is 43.2 Å². The Balaban J connectivity index is 0.000000255. The highest BCUT2D eigenvalue weighted by Crippen LogP contribution is 2.32. The van der Waals surface area contributed by atoms with E-state index in [2.05, 4.69) is 25.4 Å². The lowest BCUT2D eigenvalue weighted by molar-refractivity contribution is -0.138. The minimum Gasteiger partial charge on any atom is -0.423 e. The number of anilines is 2. The monoisotopic (exact) mass is 754 g/mol. The van der Waals surface area contributed by atoms with E-state index in [4.69, 9.17) is 10.0 Å². The van der Waals surface area contributed by atoms with E-state index in [1.54, 1.807) is 42.5 Å². The van der Waals surface area contributed by atoms with Crippen LogP contribution < -0.4 is 14.9 Å². The first-order valence-electron chi connectivity index (χ1n) is 12.6. The predicted molar refractivity (Wildman–Crippen MR) is 169 cm³/mol. The van der Waals surface area contributed by atoms with Gasteiger partial charge in [0.25, 0.3) is 0 Å². The van der Waals surface area contributed by atoms with Gasteiger partial charge < -0.3 is 10.0 Å². The molecule has 18 heteroatoms. The van der Waals surface area contributed by atoms with Crippen LogP contribution in [-0.4, -0.2) is 46.5 Å². The summed E-state index contributed by atoms with van der Waals surface area (Å²) in [5, 5.41) is 17.2. The number of rotatable bonds is 6. The molecule has 0 unspecified atom stereocenters. The van der Waals surface area contributed by atoms with Gasteiger partial charge in [0.05, 0.1) is 23.6 Å². The summed E-state index contributed by atoms with van der Waals surface area (Å²) in [7, 11) is -8.41. The summed E-state index contributed by atoms with van der Waals surface area (Å²) in [5.74, 6) is 0. The van der Waals surface area contributed by atoms with Crippen LogP contribution in [0.5, 0.6) is 0 Å². The third-order valence-electron chi connectivity index (χ3n) is 5.37. The summed E-state index contributed by atoms with van der Waals surface area (Å²) in [4.78, 5) is 0. The van der Waals surface area contributed by atoms with Crippen LogP contribution in [0.2, 0.25) is 0 Å². The molecule has 4 N–H and O–H groups in total. The molecule has 4 rings (SSSR count). The van der Waals surface area contributed by atoms with Crippen molar-refractivity contribution in [3.63, 3.8) is 0 Å². The first-order chi connectivity index (χ1) is 21.0. The third kappa shape index (κ3) is 14.2. The Morgan fingerprint density at radius 2 is 1.02 bits per heavy atom. The number of benzene rings is 4. The molecule has 0 atom stereocenters. The average molecular weight is 755 g/mol. The number of halogens is 7. The molecule has 0 aliphatic rings. The maximum Gasteiger partial charge on any atom is 0.488 e. The van der Waals surface area contributed by atoms with Crippen molar-refractivity contribution in [2.24, 2.45) is 0 Å².